The number of fused-ring (bicyclic) bond motifs is 1. The SMILES string of the molecule is Cc1cccc(C(=O)N2C[C@@H](OCC3CCCC3)[C@@H]3OCCC[C@@H]32)n1. The number of amides is 1. The molecule has 136 valence electrons. The standard InChI is InChI=1S/C20H28N2O3/c1-14-6-4-9-16(21-14)20(23)22-12-18(19-17(22)10-5-11-24-19)25-13-15-7-2-3-8-15/h4,6,9,15,17-19H,2-3,5,7-8,10-13H2,1H3/t17-,18+,19+/m0/s1. The molecule has 4 rings (SSSR count). The zero-order chi connectivity index (χ0) is 17.2. The van der Waals surface area contributed by atoms with Gasteiger partial charge >= 0.3 is 0 Å². The van der Waals surface area contributed by atoms with E-state index in [1.807, 2.05) is 24.0 Å². The van der Waals surface area contributed by atoms with Crippen LogP contribution in [-0.4, -0.2) is 53.8 Å². The fourth-order valence-electron chi connectivity index (χ4n) is 4.54. The van der Waals surface area contributed by atoms with Crippen LogP contribution in [0.3, 0.4) is 0 Å². The van der Waals surface area contributed by atoms with Crippen LogP contribution in [0.15, 0.2) is 18.2 Å². The molecule has 1 amide bonds. The van der Waals surface area contributed by atoms with E-state index in [9.17, 15) is 4.79 Å². The van der Waals surface area contributed by atoms with Crippen LogP contribution in [0, 0.1) is 12.8 Å². The third-order valence-corrected chi connectivity index (χ3v) is 5.87. The summed E-state index contributed by atoms with van der Waals surface area (Å²) in [5, 5.41) is 0. The lowest BCUT2D eigenvalue weighted by atomic mass is 10.0. The van der Waals surface area contributed by atoms with E-state index in [-0.39, 0.29) is 24.2 Å². The van der Waals surface area contributed by atoms with Crippen LogP contribution in [-0.2, 0) is 9.47 Å². The second-order valence-electron chi connectivity index (χ2n) is 7.69. The number of ether oxygens (including phenoxy) is 2. The summed E-state index contributed by atoms with van der Waals surface area (Å²) < 4.78 is 12.3. The molecular formula is C20H28N2O3. The first kappa shape index (κ1) is 17.0. The Bertz CT molecular complexity index is 615. The molecular weight excluding hydrogens is 316 g/mol. The number of rotatable bonds is 4. The van der Waals surface area contributed by atoms with Crippen molar-refractivity contribution in [1.82, 2.24) is 9.88 Å². The van der Waals surface area contributed by atoms with E-state index < -0.39 is 0 Å². The zero-order valence-corrected chi connectivity index (χ0v) is 15.0. The van der Waals surface area contributed by atoms with Crippen LogP contribution in [0.4, 0.5) is 0 Å². The summed E-state index contributed by atoms with van der Waals surface area (Å²) in [5.74, 6) is 0.696. The Morgan fingerprint density at radius 3 is 2.92 bits per heavy atom. The predicted octanol–water partition coefficient (Wildman–Crippen LogP) is 2.97. The number of hydrogen-bond donors (Lipinski definition) is 0. The van der Waals surface area contributed by atoms with Gasteiger partial charge in [0.1, 0.15) is 17.9 Å². The molecule has 0 aromatic carbocycles. The van der Waals surface area contributed by atoms with Crippen LogP contribution in [0.1, 0.15) is 54.7 Å². The van der Waals surface area contributed by atoms with Gasteiger partial charge in [0.15, 0.2) is 0 Å². The Hall–Kier alpha value is -1.46. The highest BCUT2D eigenvalue weighted by atomic mass is 16.5. The summed E-state index contributed by atoms with van der Waals surface area (Å²) >= 11 is 0. The lowest BCUT2D eigenvalue weighted by molar-refractivity contribution is -0.0821. The average molecular weight is 344 g/mol. The van der Waals surface area contributed by atoms with Crippen molar-refractivity contribution < 1.29 is 14.3 Å². The van der Waals surface area contributed by atoms with Crippen molar-refractivity contribution in [3.05, 3.63) is 29.6 Å². The molecule has 1 saturated carbocycles. The molecule has 0 unspecified atom stereocenters. The van der Waals surface area contributed by atoms with Crippen molar-refractivity contribution in [2.75, 3.05) is 19.8 Å². The van der Waals surface area contributed by atoms with Crippen LogP contribution in [0.5, 0.6) is 0 Å². The number of likely N-dealkylation sites (tertiary alicyclic amines) is 1. The molecule has 1 aliphatic carbocycles. The molecule has 3 heterocycles. The van der Waals surface area contributed by atoms with Gasteiger partial charge in [0.05, 0.1) is 12.6 Å². The van der Waals surface area contributed by atoms with Gasteiger partial charge in [-0.1, -0.05) is 18.9 Å². The van der Waals surface area contributed by atoms with Gasteiger partial charge in [-0.15, -0.1) is 0 Å². The van der Waals surface area contributed by atoms with Gasteiger partial charge in [0, 0.05) is 18.9 Å². The molecule has 0 bridgehead atoms. The summed E-state index contributed by atoms with van der Waals surface area (Å²) in [6.07, 6.45) is 7.21. The van der Waals surface area contributed by atoms with Gasteiger partial charge in [0.25, 0.3) is 5.91 Å². The first-order chi connectivity index (χ1) is 12.2. The van der Waals surface area contributed by atoms with Crippen LogP contribution >= 0.6 is 0 Å². The van der Waals surface area contributed by atoms with Crippen molar-refractivity contribution in [2.24, 2.45) is 5.92 Å². The van der Waals surface area contributed by atoms with E-state index in [2.05, 4.69) is 4.98 Å². The van der Waals surface area contributed by atoms with Gasteiger partial charge in [-0.05, 0) is 50.7 Å². The quantitative estimate of drug-likeness (QED) is 0.843. The molecule has 5 heteroatoms. The number of carbonyl (C=O) groups excluding carboxylic acids is 1. The number of aryl methyl sites for hydroxylation is 1. The molecule has 5 nitrogen and oxygen atoms in total. The summed E-state index contributed by atoms with van der Waals surface area (Å²) in [5.41, 5.74) is 1.40. The highest BCUT2D eigenvalue weighted by Crippen LogP contribution is 2.33. The molecule has 0 spiro atoms. The highest BCUT2D eigenvalue weighted by Gasteiger charge is 2.47. The first-order valence-corrected chi connectivity index (χ1v) is 9.70. The minimum atomic E-state index is -0.000316. The summed E-state index contributed by atoms with van der Waals surface area (Å²) in [4.78, 5) is 19.4. The molecule has 25 heavy (non-hydrogen) atoms. The highest BCUT2D eigenvalue weighted by molar-refractivity contribution is 5.93. The molecule has 0 radical (unpaired) electrons. The predicted molar refractivity (Wildman–Crippen MR) is 94.5 cm³/mol. The Morgan fingerprint density at radius 1 is 1.28 bits per heavy atom. The largest absolute Gasteiger partial charge is 0.373 e. The number of pyridine rings is 1. The number of hydrogen-bond acceptors (Lipinski definition) is 4. The fraction of sp³-hybridized carbons (Fsp3) is 0.700. The number of carbonyl (C=O) groups is 1. The normalized spacial score (nSPS) is 29.8. The number of nitrogens with zero attached hydrogens (tertiary/aromatic N) is 2. The molecule has 2 saturated heterocycles. The smallest absolute Gasteiger partial charge is 0.272 e. The van der Waals surface area contributed by atoms with E-state index in [1.54, 1.807) is 6.07 Å². The minimum Gasteiger partial charge on any atom is -0.373 e. The van der Waals surface area contributed by atoms with Crippen molar-refractivity contribution in [3.8, 4) is 0 Å². The Balaban J connectivity index is 1.47. The molecule has 3 atom stereocenters. The number of aromatic nitrogens is 1. The molecule has 2 aliphatic heterocycles. The van der Waals surface area contributed by atoms with E-state index in [1.165, 1.54) is 25.7 Å². The lowest BCUT2D eigenvalue weighted by Gasteiger charge is -2.32. The molecule has 3 aliphatic rings. The monoisotopic (exact) mass is 344 g/mol. The van der Waals surface area contributed by atoms with Crippen LogP contribution < -0.4 is 0 Å². The topological polar surface area (TPSA) is 51.7 Å². The summed E-state index contributed by atoms with van der Waals surface area (Å²) in [6, 6.07) is 5.74. The second-order valence-corrected chi connectivity index (χ2v) is 7.69. The third-order valence-electron chi connectivity index (χ3n) is 5.87. The van der Waals surface area contributed by atoms with Gasteiger partial charge in [-0.2, -0.15) is 0 Å². The van der Waals surface area contributed by atoms with E-state index >= 15 is 0 Å². The van der Waals surface area contributed by atoms with E-state index in [0.29, 0.717) is 18.2 Å². The van der Waals surface area contributed by atoms with Gasteiger partial charge in [0.2, 0.25) is 0 Å². The minimum absolute atomic E-state index is 0.000316. The Labute approximate surface area is 149 Å². The maximum atomic E-state index is 13.0. The van der Waals surface area contributed by atoms with Crippen LogP contribution in [0.25, 0.3) is 0 Å². The molecule has 1 aromatic heterocycles. The summed E-state index contributed by atoms with van der Waals surface area (Å²) in [6.45, 7) is 4.12. The van der Waals surface area contributed by atoms with E-state index in [4.69, 9.17) is 9.47 Å². The maximum absolute atomic E-state index is 13.0. The van der Waals surface area contributed by atoms with Gasteiger partial charge in [-0.25, -0.2) is 4.98 Å². The van der Waals surface area contributed by atoms with Crippen LogP contribution in [0.2, 0.25) is 0 Å². The molecule has 3 fully saturated rings. The molecule has 1 aromatic rings. The zero-order valence-electron chi connectivity index (χ0n) is 15.0. The average Bonchev–Trinajstić information content (AvgIpc) is 3.27. The summed E-state index contributed by atoms with van der Waals surface area (Å²) in [7, 11) is 0. The third kappa shape index (κ3) is 3.58. The maximum Gasteiger partial charge on any atom is 0.272 e. The van der Waals surface area contributed by atoms with Crippen molar-refractivity contribution in [3.63, 3.8) is 0 Å². The Kier molecular flexibility index (Phi) is 5.04. The first-order valence-electron chi connectivity index (χ1n) is 9.70. The van der Waals surface area contributed by atoms with E-state index in [0.717, 1.165) is 31.7 Å². The lowest BCUT2D eigenvalue weighted by Crippen LogP contribution is -2.44. The van der Waals surface area contributed by atoms with Crippen molar-refractivity contribution in [1.29, 1.82) is 0 Å². The van der Waals surface area contributed by atoms with Gasteiger partial charge < -0.3 is 14.4 Å². The van der Waals surface area contributed by atoms with Crippen molar-refractivity contribution in [2.45, 2.75) is 63.7 Å². The van der Waals surface area contributed by atoms with Crippen molar-refractivity contribution >= 4 is 5.91 Å². The fourth-order valence-corrected chi connectivity index (χ4v) is 4.54. The van der Waals surface area contributed by atoms with Gasteiger partial charge in [-0.3, -0.25) is 4.79 Å². The Morgan fingerprint density at radius 2 is 2.12 bits per heavy atom. The second kappa shape index (κ2) is 7.42. The molecule has 0 N–H and O–H groups in total.